The zero-order valence-electron chi connectivity index (χ0n) is 6.71. The van der Waals surface area contributed by atoms with Crippen molar-refractivity contribution in [2.45, 2.75) is 6.92 Å². The van der Waals surface area contributed by atoms with Crippen LogP contribution in [-0.2, 0) is 0 Å². The van der Waals surface area contributed by atoms with Gasteiger partial charge in [0.25, 0.3) is 0 Å². The van der Waals surface area contributed by atoms with Crippen molar-refractivity contribution in [1.82, 2.24) is 9.97 Å². The van der Waals surface area contributed by atoms with Gasteiger partial charge < -0.3 is 4.42 Å². The molecule has 2 heterocycles. The monoisotopic (exact) mass is 193 g/mol. The van der Waals surface area contributed by atoms with Gasteiger partial charge in [-0.15, -0.1) is 0 Å². The lowest BCUT2D eigenvalue weighted by molar-refractivity contribution is 0.612. The van der Waals surface area contributed by atoms with E-state index < -0.39 is 0 Å². The third-order valence-corrected chi connectivity index (χ3v) is 1.86. The minimum Gasteiger partial charge on any atom is -0.458 e. The van der Waals surface area contributed by atoms with Crippen LogP contribution < -0.4 is 0 Å². The maximum atomic E-state index is 8.69. The zero-order chi connectivity index (χ0) is 9.42. The van der Waals surface area contributed by atoms with E-state index in [2.05, 4.69) is 9.97 Å². The molecule has 0 saturated carbocycles. The van der Waals surface area contributed by atoms with Crippen molar-refractivity contribution in [2.24, 2.45) is 0 Å². The summed E-state index contributed by atoms with van der Waals surface area (Å²) in [4.78, 5) is 7.96. The van der Waals surface area contributed by atoms with Gasteiger partial charge in [0, 0.05) is 0 Å². The van der Waals surface area contributed by atoms with E-state index >= 15 is 0 Å². The molecule has 0 saturated heterocycles. The summed E-state index contributed by atoms with van der Waals surface area (Å²) in [5.74, 6) is 0.524. The van der Waals surface area contributed by atoms with Crippen LogP contribution >= 0.6 is 11.6 Å². The van der Waals surface area contributed by atoms with Crippen molar-refractivity contribution in [3.8, 4) is 6.07 Å². The van der Waals surface area contributed by atoms with Gasteiger partial charge in [0.1, 0.15) is 29.2 Å². The molecular formula is C8H4ClN3O. The van der Waals surface area contributed by atoms with Crippen molar-refractivity contribution in [3.63, 3.8) is 0 Å². The van der Waals surface area contributed by atoms with E-state index in [0.717, 1.165) is 0 Å². The van der Waals surface area contributed by atoms with E-state index in [4.69, 9.17) is 21.3 Å². The second-order valence-electron chi connectivity index (χ2n) is 2.50. The molecule has 2 rings (SSSR count). The average Bonchev–Trinajstić information content (AvgIpc) is 2.47. The van der Waals surface area contributed by atoms with E-state index in [1.54, 1.807) is 6.92 Å². The number of rotatable bonds is 0. The third-order valence-electron chi connectivity index (χ3n) is 1.61. The van der Waals surface area contributed by atoms with Crippen LogP contribution in [0.1, 0.15) is 11.4 Å². The van der Waals surface area contributed by atoms with Gasteiger partial charge in [-0.2, -0.15) is 5.26 Å². The van der Waals surface area contributed by atoms with E-state index in [-0.39, 0.29) is 5.15 Å². The highest BCUT2D eigenvalue weighted by atomic mass is 35.5. The quantitative estimate of drug-likeness (QED) is 0.601. The van der Waals surface area contributed by atoms with E-state index in [1.807, 2.05) is 6.07 Å². The molecule has 5 heteroatoms. The fraction of sp³-hybridized carbons (Fsp3) is 0.125. The summed E-state index contributed by atoms with van der Waals surface area (Å²) in [6.07, 6.45) is 1.32. The first-order chi connectivity index (χ1) is 6.22. The maximum absolute atomic E-state index is 8.69. The molecule has 0 bridgehead atoms. The van der Waals surface area contributed by atoms with Gasteiger partial charge in [0.15, 0.2) is 10.7 Å². The molecule has 0 aliphatic heterocycles. The lowest BCUT2D eigenvalue weighted by Gasteiger charge is -1.93. The average molecular weight is 194 g/mol. The summed E-state index contributed by atoms with van der Waals surface area (Å²) in [7, 11) is 0. The predicted molar refractivity (Wildman–Crippen MR) is 46.3 cm³/mol. The van der Waals surface area contributed by atoms with Gasteiger partial charge in [-0.3, -0.25) is 0 Å². The topological polar surface area (TPSA) is 62.7 Å². The van der Waals surface area contributed by atoms with Crippen molar-refractivity contribution in [2.75, 3.05) is 0 Å². The smallest absolute Gasteiger partial charge is 0.190 e. The van der Waals surface area contributed by atoms with Crippen LogP contribution in [0.3, 0.4) is 0 Å². The summed E-state index contributed by atoms with van der Waals surface area (Å²) in [5, 5.41) is 8.93. The Labute approximate surface area is 78.8 Å². The summed E-state index contributed by atoms with van der Waals surface area (Å²) >= 11 is 5.78. The summed E-state index contributed by atoms with van der Waals surface area (Å²) in [6.45, 7) is 1.71. The first kappa shape index (κ1) is 8.02. The molecule has 0 aliphatic carbocycles. The number of aryl methyl sites for hydroxylation is 1. The number of halogens is 1. The molecule has 0 unspecified atom stereocenters. The number of nitrogens with zero attached hydrogens (tertiary/aromatic N) is 3. The van der Waals surface area contributed by atoms with Crippen molar-refractivity contribution in [3.05, 3.63) is 22.8 Å². The van der Waals surface area contributed by atoms with Crippen LogP contribution in [0.15, 0.2) is 10.7 Å². The minimum atomic E-state index is 0.240. The predicted octanol–water partition coefficient (Wildman–Crippen LogP) is 2.06. The Morgan fingerprint density at radius 3 is 3.00 bits per heavy atom. The van der Waals surface area contributed by atoms with E-state index in [0.29, 0.717) is 22.5 Å². The molecule has 0 spiro atoms. The molecule has 0 N–H and O–H groups in total. The molecule has 4 nitrogen and oxygen atoms in total. The normalized spacial score (nSPS) is 10.2. The van der Waals surface area contributed by atoms with Gasteiger partial charge in [0.2, 0.25) is 0 Å². The lowest BCUT2D eigenvalue weighted by atomic mass is 10.3. The Bertz CT molecular complexity index is 512. The Morgan fingerprint density at radius 2 is 2.31 bits per heavy atom. The Morgan fingerprint density at radius 1 is 1.54 bits per heavy atom. The first-order valence-electron chi connectivity index (χ1n) is 3.54. The highest BCUT2D eigenvalue weighted by Gasteiger charge is 2.11. The Balaban J connectivity index is 2.92. The van der Waals surface area contributed by atoms with Crippen LogP contribution in [0.2, 0.25) is 5.15 Å². The molecule has 13 heavy (non-hydrogen) atoms. The highest BCUT2D eigenvalue weighted by Crippen LogP contribution is 2.24. The largest absolute Gasteiger partial charge is 0.458 e. The van der Waals surface area contributed by atoms with Crippen LogP contribution in [0.25, 0.3) is 11.1 Å². The van der Waals surface area contributed by atoms with E-state index in [9.17, 15) is 0 Å². The summed E-state index contributed by atoms with van der Waals surface area (Å²) in [5.41, 5.74) is 1.21. The molecule has 0 aromatic carbocycles. The number of hydrogen-bond acceptors (Lipinski definition) is 4. The summed E-state index contributed by atoms with van der Waals surface area (Å²) < 4.78 is 5.05. The standard InChI is InChI=1S/C8H4ClN3O/c1-4-11-6-5(2-10)3-13-7(6)8(9)12-4/h3H,1H3. The molecule has 0 atom stereocenters. The second-order valence-corrected chi connectivity index (χ2v) is 2.86. The SMILES string of the molecule is Cc1nc(Cl)c2occ(C#N)c2n1. The van der Waals surface area contributed by atoms with Gasteiger partial charge in [-0.1, -0.05) is 11.6 Å². The number of aromatic nitrogens is 2. The van der Waals surface area contributed by atoms with Crippen molar-refractivity contribution >= 4 is 22.7 Å². The molecule has 0 radical (unpaired) electrons. The van der Waals surface area contributed by atoms with Crippen LogP contribution in [0.4, 0.5) is 0 Å². The number of nitriles is 1. The van der Waals surface area contributed by atoms with Gasteiger partial charge in [0.05, 0.1) is 0 Å². The van der Waals surface area contributed by atoms with Crippen LogP contribution in [-0.4, -0.2) is 9.97 Å². The zero-order valence-corrected chi connectivity index (χ0v) is 7.46. The molecule has 0 amide bonds. The maximum Gasteiger partial charge on any atom is 0.190 e. The fourth-order valence-electron chi connectivity index (χ4n) is 1.07. The van der Waals surface area contributed by atoms with Crippen molar-refractivity contribution < 1.29 is 4.42 Å². The Kier molecular flexibility index (Phi) is 1.67. The Hall–Kier alpha value is -1.60. The van der Waals surface area contributed by atoms with Crippen LogP contribution in [0, 0.1) is 18.3 Å². The third kappa shape index (κ3) is 1.14. The molecule has 2 aromatic heterocycles. The van der Waals surface area contributed by atoms with Gasteiger partial charge in [-0.05, 0) is 6.92 Å². The van der Waals surface area contributed by atoms with Gasteiger partial charge >= 0.3 is 0 Å². The molecule has 64 valence electrons. The molecule has 0 fully saturated rings. The molecule has 0 aliphatic rings. The fourth-order valence-corrected chi connectivity index (χ4v) is 1.32. The van der Waals surface area contributed by atoms with Crippen molar-refractivity contribution in [1.29, 1.82) is 5.26 Å². The van der Waals surface area contributed by atoms with Gasteiger partial charge in [-0.25, -0.2) is 9.97 Å². The van der Waals surface area contributed by atoms with Crippen LogP contribution in [0.5, 0.6) is 0 Å². The first-order valence-corrected chi connectivity index (χ1v) is 3.91. The van der Waals surface area contributed by atoms with E-state index in [1.165, 1.54) is 6.26 Å². The molecular weight excluding hydrogens is 190 g/mol. The molecule has 2 aromatic rings. The minimum absolute atomic E-state index is 0.240. The number of fused-ring (bicyclic) bond motifs is 1. The lowest BCUT2D eigenvalue weighted by Crippen LogP contribution is -1.88. The second kappa shape index (κ2) is 2.71. The number of hydrogen-bond donors (Lipinski definition) is 0. The number of furan rings is 1. The highest BCUT2D eigenvalue weighted by molar-refractivity contribution is 6.33. The summed E-state index contributed by atoms with van der Waals surface area (Å²) in [6, 6.07) is 1.96.